The SMILES string of the molecule is COCCc1noc(C2CCCN(C(=O)CN3CCOc4ccccc4C3)C2)n1. The fourth-order valence-electron chi connectivity index (χ4n) is 3.94. The van der Waals surface area contributed by atoms with Gasteiger partial charge in [0.15, 0.2) is 5.82 Å². The molecule has 1 amide bonds. The van der Waals surface area contributed by atoms with Gasteiger partial charge in [0.1, 0.15) is 12.4 Å². The number of aromatic nitrogens is 2. The second kappa shape index (κ2) is 9.37. The van der Waals surface area contributed by atoms with Crippen molar-refractivity contribution in [2.45, 2.75) is 31.7 Å². The molecular weight excluding hydrogens is 372 g/mol. The molecule has 0 saturated carbocycles. The molecule has 4 rings (SSSR count). The minimum Gasteiger partial charge on any atom is -0.492 e. The Hall–Kier alpha value is -2.45. The first-order valence-electron chi connectivity index (χ1n) is 10.2. The summed E-state index contributed by atoms with van der Waals surface area (Å²) in [4.78, 5) is 21.6. The van der Waals surface area contributed by atoms with Gasteiger partial charge in [0.25, 0.3) is 0 Å². The van der Waals surface area contributed by atoms with Gasteiger partial charge in [-0.15, -0.1) is 0 Å². The van der Waals surface area contributed by atoms with Crippen molar-refractivity contribution >= 4 is 5.91 Å². The lowest BCUT2D eigenvalue weighted by Crippen LogP contribution is -2.45. The van der Waals surface area contributed by atoms with E-state index in [-0.39, 0.29) is 11.8 Å². The minimum absolute atomic E-state index is 0.102. The number of carbonyl (C=O) groups is 1. The van der Waals surface area contributed by atoms with E-state index in [0.29, 0.717) is 44.4 Å². The molecule has 2 aliphatic rings. The molecule has 1 saturated heterocycles. The van der Waals surface area contributed by atoms with Gasteiger partial charge in [-0.05, 0) is 18.9 Å². The minimum atomic E-state index is 0.102. The second-order valence-corrected chi connectivity index (χ2v) is 7.64. The number of ether oxygens (including phenoxy) is 2. The van der Waals surface area contributed by atoms with Crippen LogP contribution < -0.4 is 4.74 Å². The third kappa shape index (κ3) is 4.94. The molecule has 1 fully saturated rings. The Morgan fingerprint density at radius 2 is 2.21 bits per heavy atom. The number of methoxy groups -OCH3 is 1. The lowest BCUT2D eigenvalue weighted by Gasteiger charge is -2.32. The average molecular weight is 400 g/mol. The molecule has 1 unspecified atom stereocenters. The summed E-state index contributed by atoms with van der Waals surface area (Å²) < 4.78 is 16.3. The van der Waals surface area contributed by atoms with Crippen LogP contribution >= 0.6 is 0 Å². The normalized spacial score (nSPS) is 20.0. The van der Waals surface area contributed by atoms with Gasteiger partial charge in [-0.1, -0.05) is 23.4 Å². The molecule has 2 aliphatic heterocycles. The first kappa shape index (κ1) is 19.8. The largest absolute Gasteiger partial charge is 0.492 e. The zero-order valence-electron chi connectivity index (χ0n) is 16.9. The van der Waals surface area contributed by atoms with Gasteiger partial charge in [0, 0.05) is 45.3 Å². The van der Waals surface area contributed by atoms with Crippen LogP contribution in [-0.2, 0) is 22.5 Å². The van der Waals surface area contributed by atoms with Crippen molar-refractivity contribution in [2.75, 3.05) is 46.5 Å². The highest BCUT2D eigenvalue weighted by Gasteiger charge is 2.29. The number of fused-ring (bicyclic) bond motifs is 1. The van der Waals surface area contributed by atoms with Crippen LogP contribution in [0.15, 0.2) is 28.8 Å². The summed E-state index contributed by atoms with van der Waals surface area (Å²) in [5, 5.41) is 4.03. The molecule has 156 valence electrons. The van der Waals surface area contributed by atoms with E-state index in [1.807, 2.05) is 23.1 Å². The maximum Gasteiger partial charge on any atom is 0.236 e. The Morgan fingerprint density at radius 3 is 3.10 bits per heavy atom. The number of amides is 1. The zero-order valence-corrected chi connectivity index (χ0v) is 16.9. The van der Waals surface area contributed by atoms with E-state index in [2.05, 4.69) is 21.1 Å². The van der Waals surface area contributed by atoms with Crippen LogP contribution in [0.5, 0.6) is 5.75 Å². The number of hydrogen-bond acceptors (Lipinski definition) is 7. The number of carbonyl (C=O) groups excluding carboxylic acids is 1. The van der Waals surface area contributed by atoms with Crippen molar-refractivity contribution in [1.29, 1.82) is 0 Å². The second-order valence-electron chi connectivity index (χ2n) is 7.64. The number of rotatable bonds is 6. The monoisotopic (exact) mass is 400 g/mol. The van der Waals surface area contributed by atoms with E-state index in [9.17, 15) is 4.79 Å². The third-order valence-electron chi connectivity index (χ3n) is 5.53. The van der Waals surface area contributed by atoms with E-state index in [1.54, 1.807) is 7.11 Å². The molecule has 29 heavy (non-hydrogen) atoms. The average Bonchev–Trinajstić information content (AvgIpc) is 3.13. The fraction of sp³-hybridized carbons (Fsp3) is 0.571. The predicted molar refractivity (Wildman–Crippen MR) is 106 cm³/mol. The van der Waals surface area contributed by atoms with Crippen LogP contribution in [0.3, 0.4) is 0 Å². The van der Waals surface area contributed by atoms with Crippen molar-refractivity contribution in [1.82, 2.24) is 19.9 Å². The van der Waals surface area contributed by atoms with Crippen LogP contribution in [0.4, 0.5) is 0 Å². The van der Waals surface area contributed by atoms with E-state index >= 15 is 0 Å². The quantitative estimate of drug-likeness (QED) is 0.732. The smallest absolute Gasteiger partial charge is 0.236 e. The summed E-state index contributed by atoms with van der Waals surface area (Å²) >= 11 is 0. The Morgan fingerprint density at radius 1 is 1.31 bits per heavy atom. The lowest BCUT2D eigenvalue weighted by atomic mass is 9.98. The summed E-state index contributed by atoms with van der Waals surface area (Å²) in [5.74, 6) is 2.46. The van der Waals surface area contributed by atoms with Gasteiger partial charge < -0.3 is 18.9 Å². The van der Waals surface area contributed by atoms with Crippen LogP contribution in [0.2, 0.25) is 0 Å². The van der Waals surface area contributed by atoms with Gasteiger partial charge in [0.2, 0.25) is 11.8 Å². The number of benzene rings is 1. The Balaban J connectivity index is 1.34. The highest BCUT2D eigenvalue weighted by molar-refractivity contribution is 5.78. The zero-order chi connectivity index (χ0) is 20.1. The number of hydrogen-bond donors (Lipinski definition) is 0. The predicted octanol–water partition coefficient (Wildman–Crippen LogP) is 1.86. The highest BCUT2D eigenvalue weighted by Crippen LogP contribution is 2.26. The van der Waals surface area contributed by atoms with E-state index < -0.39 is 0 Å². The highest BCUT2D eigenvalue weighted by atomic mass is 16.5. The Labute approximate surface area is 170 Å². The number of nitrogens with zero attached hydrogens (tertiary/aromatic N) is 4. The van der Waals surface area contributed by atoms with Gasteiger partial charge >= 0.3 is 0 Å². The van der Waals surface area contributed by atoms with Crippen molar-refractivity contribution < 1.29 is 18.8 Å². The molecule has 1 aromatic heterocycles. The molecular formula is C21H28N4O4. The summed E-state index contributed by atoms with van der Waals surface area (Å²) in [7, 11) is 1.65. The fourth-order valence-corrected chi connectivity index (χ4v) is 3.94. The van der Waals surface area contributed by atoms with E-state index in [1.165, 1.54) is 0 Å². The summed E-state index contributed by atoms with van der Waals surface area (Å²) in [6, 6.07) is 8.03. The number of likely N-dealkylation sites (tertiary alicyclic amines) is 1. The maximum atomic E-state index is 13.0. The molecule has 8 nitrogen and oxygen atoms in total. The standard InChI is InChI=1S/C21H28N4O4/c1-27-11-8-19-22-21(29-23-19)17-6-4-9-25(14-17)20(26)15-24-10-12-28-18-7-3-2-5-16(18)13-24/h2-3,5,7,17H,4,6,8-15H2,1H3. The summed E-state index contributed by atoms with van der Waals surface area (Å²) in [6.07, 6.45) is 2.53. The Kier molecular flexibility index (Phi) is 6.41. The molecule has 2 aromatic rings. The molecule has 0 bridgehead atoms. The summed E-state index contributed by atoms with van der Waals surface area (Å²) in [6.45, 7) is 4.44. The molecule has 8 heteroatoms. The van der Waals surface area contributed by atoms with Crippen molar-refractivity contribution in [3.63, 3.8) is 0 Å². The molecule has 0 N–H and O–H groups in total. The van der Waals surface area contributed by atoms with Gasteiger partial charge in [-0.2, -0.15) is 4.98 Å². The number of piperidine rings is 1. The maximum absolute atomic E-state index is 13.0. The number of para-hydroxylation sites is 1. The van der Waals surface area contributed by atoms with E-state index in [0.717, 1.165) is 43.8 Å². The van der Waals surface area contributed by atoms with Crippen LogP contribution in [-0.4, -0.2) is 72.4 Å². The molecule has 1 atom stereocenters. The lowest BCUT2D eigenvalue weighted by molar-refractivity contribution is -0.133. The topological polar surface area (TPSA) is 80.9 Å². The molecule has 0 radical (unpaired) electrons. The van der Waals surface area contributed by atoms with E-state index in [4.69, 9.17) is 14.0 Å². The van der Waals surface area contributed by atoms with Crippen molar-refractivity contribution in [3.8, 4) is 5.75 Å². The molecule has 3 heterocycles. The van der Waals surface area contributed by atoms with Crippen LogP contribution in [0, 0.1) is 0 Å². The molecule has 0 spiro atoms. The van der Waals surface area contributed by atoms with Gasteiger partial charge in [-0.3, -0.25) is 9.69 Å². The summed E-state index contributed by atoms with van der Waals surface area (Å²) in [5.41, 5.74) is 1.13. The van der Waals surface area contributed by atoms with Crippen LogP contribution in [0.1, 0.15) is 36.0 Å². The van der Waals surface area contributed by atoms with Crippen LogP contribution in [0.25, 0.3) is 0 Å². The van der Waals surface area contributed by atoms with Gasteiger partial charge in [0.05, 0.1) is 19.1 Å². The third-order valence-corrected chi connectivity index (χ3v) is 5.53. The Bertz CT molecular complexity index is 825. The van der Waals surface area contributed by atoms with Crippen molar-refractivity contribution in [2.24, 2.45) is 0 Å². The van der Waals surface area contributed by atoms with Crippen molar-refractivity contribution in [3.05, 3.63) is 41.5 Å². The molecule has 0 aliphatic carbocycles. The molecule has 1 aromatic carbocycles. The van der Waals surface area contributed by atoms with Gasteiger partial charge in [-0.25, -0.2) is 0 Å². The first-order valence-corrected chi connectivity index (χ1v) is 10.2. The first-order chi connectivity index (χ1) is 14.2.